The molecule has 0 heterocycles. The van der Waals surface area contributed by atoms with Crippen LogP contribution in [0.15, 0.2) is 0 Å². The van der Waals surface area contributed by atoms with E-state index in [1.54, 1.807) is 0 Å². The molecule has 0 amide bonds. The summed E-state index contributed by atoms with van der Waals surface area (Å²) in [6, 6.07) is 0. The highest BCUT2D eigenvalue weighted by molar-refractivity contribution is 7.47. The van der Waals surface area contributed by atoms with E-state index in [0.717, 1.165) is 109 Å². The van der Waals surface area contributed by atoms with Gasteiger partial charge < -0.3 is 33.8 Å². The van der Waals surface area contributed by atoms with Crippen LogP contribution in [0.25, 0.3) is 0 Å². The third kappa shape index (κ3) is 51.3. The zero-order chi connectivity index (χ0) is 55.7. The molecule has 0 aliphatic carbocycles. The lowest BCUT2D eigenvalue weighted by Gasteiger charge is -2.21. The summed E-state index contributed by atoms with van der Waals surface area (Å²) in [4.78, 5) is 71.5. The monoisotopic (exact) mass is 1110 g/mol. The van der Waals surface area contributed by atoms with Crippen LogP contribution in [0.1, 0.15) is 272 Å². The van der Waals surface area contributed by atoms with E-state index in [1.807, 2.05) is 0 Å². The average Bonchev–Trinajstić information content (AvgIpc) is 3.37. The molecule has 0 fully saturated rings. The minimum absolute atomic E-state index is 0.104. The molecular weight excluding hydrogens is 1010 g/mol. The van der Waals surface area contributed by atoms with E-state index in [0.29, 0.717) is 25.7 Å². The van der Waals surface area contributed by atoms with Gasteiger partial charge in [-0.15, -0.1) is 0 Å². The lowest BCUT2D eigenvalue weighted by atomic mass is 10.0. The molecule has 0 saturated carbocycles. The number of hydrogen-bond donors (Lipinski definition) is 3. The van der Waals surface area contributed by atoms with Crippen molar-refractivity contribution in [3.63, 3.8) is 0 Å². The van der Waals surface area contributed by atoms with Crippen LogP contribution in [0.2, 0.25) is 0 Å². The first-order valence-corrected chi connectivity index (χ1v) is 32.6. The van der Waals surface area contributed by atoms with Gasteiger partial charge in [-0.3, -0.25) is 37.3 Å². The van der Waals surface area contributed by atoms with Crippen LogP contribution in [-0.4, -0.2) is 96.7 Å². The van der Waals surface area contributed by atoms with E-state index < -0.39 is 97.5 Å². The van der Waals surface area contributed by atoms with E-state index in [-0.39, 0.29) is 25.7 Å². The van der Waals surface area contributed by atoms with Crippen molar-refractivity contribution in [2.75, 3.05) is 39.6 Å². The number of ether oxygens (including phenoxy) is 4. The standard InChI is InChI=1S/C56H108O17P2/c1-6-9-12-15-17-19-20-21-26-30-35-40-54(59)67-46-52(73-56(61)42-37-32-27-23-22-24-29-33-38-49(4)5)48-71-75(64,65)69-44-50(57)43-68-74(62,63)70-47-51(45-66-53(58)39-34-28-14-11-8-3)72-55(60)41-36-31-25-18-16-13-10-7-2/h49-52,57H,6-48H2,1-5H3,(H,62,63)(H,64,65)/t50-,51+,52+/m0/s1. The Bertz CT molecular complexity index is 1480. The first kappa shape index (κ1) is 73.1. The maximum absolute atomic E-state index is 12.9. The van der Waals surface area contributed by atoms with Crippen molar-refractivity contribution >= 4 is 39.5 Å². The molecule has 0 aliphatic rings. The summed E-state index contributed by atoms with van der Waals surface area (Å²) in [5.74, 6) is -1.44. The molecule has 5 atom stereocenters. The molecule has 0 aromatic carbocycles. The van der Waals surface area contributed by atoms with Gasteiger partial charge in [0, 0.05) is 25.7 Å². The Balaban J connectivity index is 5.18. The summed E-state index contributed by atoms with van der Waals surface area (Å²) in [6.45, 7) is 6.97. The number of hydrogen-bond acceptors (Lipinski definition) is 15. The summed E-state index contributed by atoms with van der Waals surface area (Å²) in [5, 5.41) is 10.5. The molecule has 0 radical (unpaired) electrons. The van der Waals surface area contributed by atoms with Crippen LogP contribution in [0.5, 0.6) is 0 Å². The topological polar surface area (TPSA) is 237 Å². The number of esters is 4. The molecule has 0 aromatic rings. The summed E-state index contributed by atoms with van der Waals surface area (Å²) >= 11 is 0. The van der Waals surface area contributed by atoms with E-state index in [4.69, 9.17) is 37.0 Å². The Labute approximate surface area is 454 Å². The predicted molar refractivity (Wildman–Crippen MR) is 294 cm³/mol. The van der Waals surface area contributed by atoms with Crippen LogP contribution in [-0.2, 0) is 65.4 Å². The molecule has 19 heteroatoms. The summed E-state index contributed by atoms with van der Waals surface area (Å²) in [6.07, 6.45) is 31.1. The van der Waals surface area contributed by atoms with E-state index in [1.165, 1.54) is 83.5 Å². The minimum atomic E-state index is -4.93. The lowest BCUT2D eigenvalue weighted by Crippen LogP contribution is -2.30. The molecule has 2 unspecified atom stereocenters. The highest BCUT2D eigenvalue weighted by Gasteiger charge is 2.30. The Hall–Kier alpha value is -1.94. The van der Waals surface area contributed by atoms with Crippen LogP contribution >= 0.6 is 15.6 Å². The normalized spacial score (nSPS) is 14.5. The summed E-state index contributed by atoms with van der Waals surface area (Å²) in [5.41, 5.74) is 0. The highest BCUT2D eigenvalue weighted by Crippen LogP contribution is 2.45. The maximum Gasteiger partial charge on any atom is 0.472 e. The van der Waals surface area contributed by atoms with Crippen molar-refractivity contribution in [1.29, 1.82) is 0 Å². The van der Waals surface area contributed by atoms with Crippen molar-refractivity contribution in [3.05, 3.63) is 0 Å². The summed E-state index contributed by atoms with van der Waals surface area (Å²) in [7, 11) is -9.86. The fourth-order valence-electron chi connectivity index (χ4n) is 8.17. The predicted octanol–water partition coefficient (Wildman–Crippen LogP) is 14.7. The third-order valence-electron chi connectivity index (χ3n) is 12.8. The third-order valence-corrected chi connectivity index (χ3v) is 14.7. The SMILES string of the molecule is CCCCCCCCCCCCCC(=O)OC[C@H](COP(=O)(O)OC[C@@H](O)COP(=O)(O)OC[C@@H](COC(=O)CCCCCCC)OC(=O)CCCCCCCCCC)OC(=O)CCCCCCCCCCC(C)C. The maximum atomic E-state index is 12.9. The number of aliphatic hydroxyl groups is 1. The van der Waals surface area contributed by atoms with Gasteiger partial charge >= 0.3 is 39.5 Å². The Morgan fingerprint density at radius 3 is 0.907 bits per heavy atom. The quantitative estimate of drug-likeness (QED) is 0.0222. The van der Waals surface area contributed by atoms with Gasteiger partial charge in [0.1, 0.15) is 19.3 Å². The molecule has 17 nitrogen and oxygen atoms in total. The fourth-order valence-corrected chi connectivity index (χ4v) is 9.75. The molecule has 75 heavy (non-hydrogen) atoms. The zero-order valence-electron chi connectivity index (χ0n) is 47.7. The number of carbonyl (C=O) groups excluding carboxylic acids is 4. The van der Waals surface area contributed by atoms with Crippen molar-refractivity contribution in [2.24, 2.45) is 5.92 Å². The highest BCUT2D eigenvalue weighted by atomic mass is 31.2. The second-order valence-electron chi connectivity index (χ2n) is 20.8. The largest absolute Gasteiger partial charge is 0.472 e. The van der Waals surface area contributed by atoms with E-state index in [2.05, 4.69) is 34.6 Å². The Morgan fingerprint density at radius 1 is 0.360 bits per heavy atom. The molecule has 0 rings (SSSR count). The van der Waals surface area contributed by atoms with Crippen molar-refractivity contribution in [3.8, 4) is 0 Å². The van der Waals surface area contributed by atoms with Crippen LogP contribution in [0, 0.1) is 5.92 Å². The average molecular weight is 1120 g/mol. The van der Waals surface area contributed by atoms with Gasteiger partial charge in [0.25, 0.3) is 0 Å². The number of phosphoric acid groups is 2. The van der Waals surface area contributed by atoms with Crippen LogP contribution in [0.3, 0.4) is 0 Å². The van der Waals surface area contributed by atoms with Crippen LogP contribution in [0.4, 0.5) is 0 Å². The van der Waals surface area contributed by atoms with E-state index in [9.17, 15) is 43.2 Å². The Morgan fingerprint density at radius 2 is 0.613 bits per heavy atom. The minimum Gasteiger partial charge on any atom is -0.462 e. The number of phosphoric ester groups is 2. The van der Waals surface area contributed by atoms with Gasteiger partial charge in [-0.2, -0.15) is 0 Å². The molecular formula is C56H108O17P2. The lowest BCUT2D eigenvalue weighted by molar-refractivity contribution is -0.161. The van der Waals surface area contributed by atoms with Gasteiger partial charge in [-0.25, -0.2) is 9.13 Å². The second-order valence-corrected chi connectivity index (χ2v) is 23.7. The molecule has 3 N–H and O–H groups in total. The van der Waals surface area contributed by atoms with Crippen molar-refractivity contribution in [1.82, 2.24) is 0 Å². The van der Waals surface area contributed by atoms with Gasteiger partial charge in [0.05, 0.1) is 26.4 Å². The zero-order valence-corrected chi connectivity index (χ0v) is 49.5. The number of unbranched alkanes of at least 4 members (excludes halogenated alkanes) is 28. The number of aliphatic hydroxyl groups excluding tert-OH is 1. The second kappa shape index (κ2) is 50.3. The molecule has 0 bridgehead atoms. The molecule has 0 aromatic heterocycles. The van der Waals surface area contributed by atoms with Crippen LogP contribution < -0.4 is 0 Å². The number of carbonyl (C=O) groups is 4. The number of rotatable bonds is 56. The molecule has 0 aliphatic heterocycles. The fraction of sp³-hybridized carbons (Fsp3) is 0.929. The van der Waals surface area contributed by atoms with Crippen molar-refractivity contribution < 1.29 is 80.2 Å². The molecule has 0 saturated heterocycles. The van der Waals surface area contributed by atoms with Crippen molar-refractivity contribution in [2.45, 2.75) is 291 Å². The van der Waals surface area contributed by atoms with Gasteiger partial charge in [-0.05, 0) is 31.6 Å². The summed E-state index contributed by atoms with van der Waals surface area (Å²) < 4.78 is 67.4. The molecule has 444 valence electrons. The smallest absolute Gasteiger partial charge is 0.462 e. The Kier molecular flexibility index (Phi) is 49.0. The molecule has 0 spiro atoms. The van der Waals surface area contributed by atoms with E-state index >= 15 is 0 Å². The first-order valence-electron chi connectivity index (χ1n) is 29.6. The van der Waals surface area contributed by atoms with Gasteiger partial charge in [0.2, 0.25) is 0 Å². The first-order chi connectivity index (χ1) is 36.0. The van der Waals surface area contributed by atoms with Gasteiger partial charge in [-0.1, -0.05) is 221 Å². The van der Waals surface area contributed by atoms with Gasteiger partial charge in [0.15, 0.2) is 12.2 Å².